The first-order valence-electron chi connectivity index (χ1n) is 6.49. The average Bonchev–Trinajstić information content (AvgIpc) is 2.34. The summed E-state index contributed by atoms with van der Waals surface area (Å²) in [5.41, 5.74) is 7.17. The van der Waals surface area contributed by atoms with E-state index in [-0.39, 0.29) is 5.75 Å². The molecule has 0 aliphatic rings. The van der Waals surface area contributed by atoms with Crippen LogP contribution < -0.4 is 15.4 Å². The second kappa shape index (κ2) is 6.47. The zero-order valence-corrected chi connectivity index (χ0v) is 11.7. The lowest BCUT2D eigenvalue weighted by molar-refractivity contribution is 0.321. The summed E-state index contributed by atoms with van der Waals surface area (Å²) in [6.07, 6.45) is 2.04. The number of hydrogen-bond acceptors (Lipinski definition) is 3. The van der Waals surface area contributed by atoms with Crippen molar-refractivity contribution in [1.82, 2.24) is 0 Å². The third kappa shape index (κ3) is 3.06. The predicted molar refractivity (Wildman–Crippen MR) is 74.8 cm³/mol. The summed E-state index contributed by atoms with van der Waals surface area (Å²) in [4.78, 5) is 2.09. The fraction of sp³-hybridized carbons (Fsp3) is 0.571. The molecule has 1 aromatic rings. The number of nitrogens with zero attached hydrogens (tertiary/aromatic N) is 1. The van der Waals surface area contributed by atoms with Gasteiger partial charge in [0.25, 0.3) is 0 Å². The summed E-state index contributed by atoms with van der Waals surface area (Å²) in [5, 5.41) is 0. The van der Waals surface area contributed by atoms with Crippen LogP contribution in [0, 0.1) is 5.82 Å². The van der Waals surface area contributed by atoms with Crippen LogP contribution in [0.15, 0.2) is 12.1 Å². The molecule has 102 valence electrons. The lowest BCUT2D eigenvalue weighted by Crippen LogP contribution is -2.31. The van der Waals surface area contributed by atoms with Gasteiger partial charge in [0.1, 0.15) is 0 Å². The second-order valence-electron chi connectivity index (χ2n) is 4.36. The van der Waals surface area contributed by atoms with Gasteiger partial charge in [-0.05, 0) is 19.8 Å². The summed E-state index contributed by atoms with van der Waals surface area (Å²) >= 11 is 0. The van der Waals surface area contributed by atoms with Gasteiger partial charge in [0.2, 0.25) is 0 Å². The Morgan fingerprint density at radius 2 is 1.89 bits per heavy atom. The van der Waals surface area contributed by atoms with Crippen LogP contribution in [0.3, 0.4) is 0 Å². The van der Waals surface area contributed by atoms with Gasteiger partial charge in [0.05, 0.1) is 18.0 Å². The van der Waals surface area contributed by atoms with Gasteiger partial charge >= 0.3 is 0 Å². The first kappa shape index (κ1) is 14.6. The van der Waals surface area contributed by atoms with Gasteiger partial charge < -0.3 is 15.4 Å². The molecule has 0 radical (unpaired) electrons. The predicted octanol–water partition coefficient (Wildman–Crippen LogP) is 3.43. The van der Waals surface area contributed by atoms with Crippen molar-refractivity contribution in [1.29, 1.82) is 0 Å². The van der Waals surface area contributed by atoms with E-state index in [4.69, 9.17) is 10.5 Å². The highest BCUT2D eigenvalue weighted by molar-refractivity contribution is 5.70. The van der Waals surface area contributed by atoms with E-state index in [1.165, 1.54) is 6.07 Å². The van der Waals surface area contributed by atoms with Gasteiger partial charge in [-0.2, -0.15) is 0 Å². The number of nitrogens with two attached hydrogens (primary N) is 1. The lowest BCUT2D eigenvalue weighted by atomic mass is 10.1. The molecule has 0 saturated carbocycles. The molecular formula is C14H23FN2O. The van der Waals surface area contributed by atoms with Crippen LogP contribution in [0.5, 0.6) is 5.75 Å². The fourth-order valence-corrected chi connectivity index (χ4v) is 2.16. The van der Waals surface area contributed by atoms with Crippen LogP contribution in [0.2, 0.25) is 0 Å². The maximum Gasteiger partial charge on any atom is 0.167 e. The van der Waals surface area contributed by atoms with Crippen molar-refractivity contribution in [3.8, 4) is 5.75 Å². The number of hydrogen-bond donors (Lipinski definition) is 1. The highest BCUT2D eigenvalue weighted by atomic mass is 19.1. The number of nitrogen functional groups attached to an aromatic ring is 1. The first-order chi connectivity index (χ1) is 8.54. The van der Waals surface area contributed by atoms with Crippen molar-refractivity contribution in [2.24, 2.45) is 0 Å². The van der Waals surface area contributed by atoms with Crippen molar-refractivity contribution in [2.45, 2.75) is 39.7 Å². The Balaban J connectivity index is 3.10. The normalized spacial score (nSPS) is 10.8. The molecule has 2 N–H and O–H groups in total. The molecule has 3 nitrogen and oxygen atoms in total. The SMILES string of the molecule is CCOc1cc(N(C)C(CC)CC)c(N)cc1F. The Kier molecular flexibility index (Phi) is 5.25. The summed E-state index contributed by atoms with van der Waals surface area (Å²) in [5.74, 6) is -0.143. The van der Waals surface area contributed by atoms with E-state index in [0.717, 1.165) is 18.5 Å². The molecule has 0 spiro atoms. The van der Waals surface area contributed by atoms with E-state index in [1.54, 1.807) is 6.07 Å². The van der Waals surface area contributed by atoms with Gasteiger partial charge in [-0.15, -0.1) is 0 Å². The Morgan fingerprint density at radius 1 is 1.28 bits per heavy atom. The maximum atomic E-state index is 13.6. The van der Waals surface area contributed by atoms with Crippen molar-refractivity contribution in [2.75, 3.05) is 24.3 Å². The van der Waals surface area contributed by atoms with Gasteiger partial charge in [0, 0.05) is 25.2 Å². The third-order valence-corrected chi connectivity index (χ3v) is 3.25. The second-order valence-corrected chi connectivity index (χ2v) is 4.36. The number of rotatable bonds is 6. The van der Waals surface area contributed by atoms with Crippen molar-refractivity contribution in [3.05, 3.63) is 17.9 Å². The summed E-state index contributed by atoms with van der Waals surface area (Å²) in [7, 11) is 1.98. The smallest absolute Gasteiger partial charge is 0.167 e. The minimum atomic E-state index is -0.406. The van der Waals surface area contributed by atoms with Gasteiger partial charge in [0.15, 0.2) is 11.6 Å². The van der Waals surface area contributed by atoms with Crippen LogP contribution in [-0.4, -0.2) is 19.7 Å². The minimum Gasteiger partial charge on any atom is -0.491 e. The minimum absolute atomic E-state index is 0.263. The van der Waals surface area contributed by atoms with Gasteiger partial charge in [-0.1, -0.05) is 13.8 Å². The molecule has 0 amide bonds. The Morgan fingerprint density at radius 3 is 2.39 bits per heavy atom. The van der Waals surface area contributed by atoms with Crippen LogP contribution in [0.1, 0.15) is 33.6 Å². The molecule has 0 unspecified atom stereocenters. The molecule has 0 aliphatic heterocycles. The molecule has 0 fully saturated rings. The van der Waals surface area contributed by atoms with E-state index in [0.29, 0.717) is 18.3 Å². The number of ether oxygens (including phenoxy) is 1. The van der Waals surface area contributed by atoms with E-state index in [9.17, 15) is 4.39 Å². The van der Waals surface area contributed by atoms with Crippen molar-refractivity contribution < 1.29 is 9.13 Å². The maximum absolute atomic E-state index is 13.6. The molecule has 4 heteroatoms. The van der Waals surface area contributed by atoms with Crippen LogP contribution in [-0.2, 0) is 0 Å². The van der Waals surface area contributed by atoms with Crippen LogP contribution in [0.4, 0.5) is 15.8 Å². The van der Waals surface area contributed by atoms with Gasteiger partial charge in [-0.25, -0.2) is 4.39 Å². The average molecular weight is 254 g/mol. The molecule has 1 rings (SSSR count). The van der Waals surface area contributed by atoms with Gasteiger partial charge in [-0.3, -0.25) is 0 Å². The molecule has 18 heavy (non-hydrogen) atoms. The summed E-state index contributed by atoms with van der Waals surface area (Å²) < 4.78 is 18.9. The quantitative estimate of drug-likeness (QED) is 0.790. The van der Waals surface area contributed by atoms with Crippen LogP contribution >= 0.6 is 0 Å². The van der Waals surface area contributed by atoms with E-state index in [2.05, 4.69) is 18.7 Å². The molecule has 0 bridgehead atoms. The molecule has 1 aromatic carbocycles. The highest BCUT2D eigenvalue weighted by Gasteiger charge is 2.16. The summed E-state index contributed by atoms with van der Waals surface area (Å²) in [6.45, 7) is 6.54. The Labute approximate surface area is 109 Å². The summed E-state index contributed by atoms with van der Waals surface area (Å²) in [6, 6.07) is 3.42. The van der Waals surface area contributed by atoms with Crippen molar-refractivity contribution >= 4 is 11.4 Å². The monoisotopic (exact) mass is 254 g/mol. The van der Waals surface area contributed by atoms with E-state index >= 15 is 0 Å². The van der Waals surface area contributed by atoms with Crippen LogP contribution in [0.25, 0.3) is 0 Å². The largest absolute Gasteiger partial charge is 0.491 e. The number of benzene rings is 1. The zero-order chi connectivity index (χ0) is 13.7. The fourth-order valence-electron chi connectivity index (χ4n) is 2.16. The lowest BCUT2D eigenvalue weighted by Gasteiger charge is -2.29. The third-order valence-electron chi connectivity index (χ3n) is 3.25. The van der Waals surface area contributed by atoms with Crippen molar-refractivity contribution in [3.63, 3.8) is 0 Å². The molecule has 0 aromatic heterocycles. The topological polar surface area (TPSA) is 38.5 Å². The van der Waals surface area contributed by atoms with E-state index in [1.807, 2.05) is 14.0 Å². The zero-order valence-electron chi connectivity index (χ0n) is 11.7. The Hall–Kier alpha value is -1.45. The standard InChI is InChI=1S/C14H23FN2O/c1-5-10(6-2)17(4)13-9-14(18-7-3)11(15)8-12(13)16/h8-10H,5-7,16H2,1-4H3. The molecule has 0 atom stereocenters. The first-order valence-corrected chi connectivity index (χ1v) is 6.49. The molecule has 0 heterocycles. The molecular weight excluding hydrogens is 231 g/mol. The molecule has 0 aliphatic carbocycles. The van der Waals surface area contributed by atoms with E-state index < -0.39 is 5.82 Å². The Bertz CT molecular complexity index is 392. The number of halogens is 1. The molecule has 0 saturated heterocycles. The number of anilines is 2. The highest BCUT2D eigenvalue weighted by Crippen LogP contribution is 2.32.